The zero-order valence-electron chi connectivity index (χ0n) is 8.26. The van der Waals surface area contributed by atoms with E-state index in [2.05, 4.69) is 11.8 Å². The van der Waals surface area contributed by atoms with Crippen molar-refractivity contribution in [1.29, 1.82) is 0 Å². The van der Waals surface area contributed by atoms with Gasteiger partial charge in [0.25, 0.3) is 11.4 Å². The molecule has 0 unspecified atom stereocenters. The molecule has 82 valence electrons. The van der Waals surface area contributed by atoms with Crippen LogP contribution in [0.1, 0.15) is 12.5 Å². The Morgan fingerprint density at radius 1 is 1.19 bits per heavy atom. The Kier molecular flexibility index (Phi) is 3.06. The van der Waals surface area contributed by atoms with Gasteiger partial charge in [0, 0.05) is 17.7 Å². The summed E-state index contributed by atoms with van der Waals surface area (Å²) in [5.41, 5.74) is 4.03. The second-order valence-electron chi connectivity index (χ2n) is 2.82. The van der Waals surface area contributed by atoms with Gasteiger partial charge in [0.15, 0.2) is 5.69 Å². The quantitative estimate of drug-likeness (QED) is 0.351. The van der Waals surface area contributed by atoms with Gasteiger partial charge in [-0.3, -0.25) is 20.2 Å². The van der Waals surface area contributed by atoms with E-state index in [1.807, 2.05) is 0 Å². The molecule has 1 aromatic carbocycles. The molecule has 0 bridgehead atoms. The third-order valence-electron chi connectivity index (χ3n) is 1.80. The summed E-state index contributed by atoms with van der Waals surface area (Å²) in [4.78, 5) is 19.7. The highest BCUT2D eigenvalue weighted by atomic mass is 16.6. The van der Waals surface area contributed by atoms with Crippen molar-refractivity contribution in [2.75, 3.05) is 5.73 Å². The van der Waals surface area contributed by atoms with Gasteiger partial charge in [0.2, 0.25) is 0 Å². The Morgan fingerprint density at radius 3 is 1.94 bits per heavy atom. The maximum Gasteiger partial charge on any atom is 0.300 e. The molecule has 1 rings (SSSR count). The average Bonchev–Trinajstić information content (AvgIpc) is 2.19. The van der Waals surface area contributed by atoms with Crippen LogP contribution in [0.5, 0.6) is 0 Å². The molecule has 0 saturated carbocycles. The molecule has 7 nitrogen and oxygen atoms in total. The highest BCUT2D eigenvalue weighted by molar-refractivity contribution is 5.73. The first kappa shape index (κ1) is 11.5. The average molecular weight is 221 g/mol. The number of rotatable bonds is 2. The van der Waals surface area contributed by atoms with Gasteiger partial charge in [0.1, 0.15) is 0 Å². The molecule has 0 aromatic heterocycles. The van der Waals surface area contributed by atoms with Crippen LogP contribution in [0.15, 0.2) is 12.1 Å². The molecule has 0 heterocycles. The Hall–Kier alpha value is -2.62. The SMILES string of the molecule is CC#Cc1cc([N+](=O)[O-])c(N)c([N+](=O)[O-])c1. The summed E-state index contributed by atoms with van der Waals surface area (Å²) in [6.45, 7) is 1.52. The first-order chi connectivity index (χ1) is 7.47. The Balaban J connectivity index is 3.55. The Labute approximate surface area is 90.2 Å². The molecule has 2 N–H and O–H groups in total. The van der Waals surface area contributed by atoms with Gasteiger partial charge in [-0.05, 0) is 6.92 Å². The van der Waals surface area contributed by atoms with Crippen LogP contribution in [0.3, 0.4) is 0 Å². The molecule has 1 aromatic rings. The van der Waals surface area contributed by atoms with Crippen LogP contribution in [0.25, 0.3) is 0 Å². The van der Waals surface area contributed by atoms with Gasteiger partial charge >= 0.3 is 0 Å². The van der Waals surface area contributed by atoms with Gasteiger partial charge in [-0.25, -0.2) is 0 Å². The minimum atomic E-state index is -0.775. The van der Waals surface area contributed by atoms with Gasteiger partial charge in [-0.15, -0.1) is 5.92 Å². The van der Waals surface area contributed by atoms with Gasteiger partial charge in [0.05, 0.1) is 9.85 Å². The number of nitro benzene ring substituents is 2. The molecular weight excluding hydrogens is 214 g/mol. The van der Waals surface area contributed by atoms with Gasteiger partial charge in [-0.2, -0.15) is 0 Å². The maximum atomic E-state index is 10.6. The van der Waals surface area contributed by atoms with E-state index in [9.17, 15) is 20.2 Å². The summed E-state index contributed by atoms with van der Waals surface area (Å²) in [6, 6.07) is 2.22. The van der Waals surface area contributed by atoms with Crippen molar-refractivity contribution >= 4 is 17.1 Å². The smallest absolute Gasteiger partial charge is 0.300 e. The second kappa shape index (κ2) is 4.27. The lowest BCUT2D eigenvalue weighted by molar-refractivity contribution is -0.392. The van der Waals surface area contributed by atoms with E-state index in [-0.39, 0.29) is 5.56 Å². The van der Waals surface area contributed by atoms with E-state index >= 15 is 0 Å². The number of hydrogen-bond donors (Lipinski definition) is 1. The molecule has 0 spiro atoms. The normalized spacial score (nSPS) is 9.06. The largest absolute Gasteiger partial charge is 0.387 e. The topological polar surface area (TPSA) is 112 Å². The zero-order chi connectivity index (χ0) is 12.3. The standard InChI is InChI=1S/C9H7N3O4/c1-2-3-6-4-7(11(13)14)9(10)8(5-6)12(15)16/h4-5H,10H2,1H3. The van der Waals surface area contributed by atoms with Crippen molar-refractivity contribution in [2.24, 2.45) is 0 Å². The fraction of sp³-hybridized carbons (Fsp3) is 0.111. The van der Waals surface area contributed by atoms with Crippen LogP contribution in [-0.4, -0.2) is 9.85 Å². The van der Waals surface area contributed by atoms with Crippen LogP contribution in [0.2, 0.25) is 0 Å². The van der Waals surface area contributed by atoms with Crippen LogP contribution in [-0.2, 0) is 0 Å². The molecular formula is C9H7N3O4. The van der Waals surface area contributed by atoms with E-state index < -0.39 is 26.9 Å². The molecule has 0 amide bonds. The minimum Gasteiger partial charge on any atom is -0.387 e. The summed E-state index contributed by atoms with van der Waals surface area (Å²) >= 11 is 0. The lowest BCUT2D eigenvalue weighted by Gasteiger charge is -1.99. The molecule has 0 radical (unpaired) electrons. The van der Waals surface area contributed by atoms with Crippen molar-refractivity contribution in [3.63, 3.8) is 0 Å². The highest BCUT2D eigenvalue weighted by Gasteiger charge is 2.23. The number of hydrogen-bond acceptors (Lipinski definition) is 5. The maximum absolute atomic E-state index is 10.6. The number of benzene rings is 1. The van der Waals surface area contributed by atoms with Crippen LogP contribution >= 0.6 is 0 Å². The van der Waals surface area contributed by atoms with E-state index in [4.69, 9.17) is 5.73 Å². The van der Waals surface area contributed by atoms with Gasteiger partial charge < -0.3 is 5.73 Å². The monoisotopic (exact) mass is 221 g/mol. The van der Waals surface area contributed by atoms with Crippen molar-refractivity contribution < 1.29 is 9.85 Å². The van der Waals surface area contributed by atoms with Crippen molar-refractivity contribution in [3.8, 4) is 11.8 Å². The second-order valence-corrected chi connectivity index (χ2v) is 2.82. The van der Waals surface area contributed by atoms with Crippen LogP contribution < -0.4 is 5.73 Å². The number of nitrogens with zero attached hydrogens (tertiary/aromatic N) is 2. The lowest BCUT2D eigenvalue weighted by atomic mass is 10.1. The van der Waals surface area contributed by atoms with E-state index in [1.165, 1.54) is 6.92 Å². The number of anilines is 1. The van der Waals surface area contributed by atoms with Gasteiger partial charge in [-0.1, -0.05) is 5.92 Å². The van der Waals surface area contributed by atoms with Crippen LogP contribution in [0, 0.1) is 32.1 Å². The lowest BCUT2D eigenvalue weighted by Crippen LogP contribution is -2.01. The summed E-state index contributed by atoms with van der Waals surface area (Å²) in [7, 11) is 0. The Morgan fingerprint density at radius 2 is 1.62 bits per heavy atom. The predicted molar refractivity (Wildman–Crippen MR) is 56.7 cm³/mol. The third kappa shape index (κ3) is 2.06. The third-order valence-corrected chi connectivity index (χ3v) is 1.80. The van der Waals surface area contributed by atoms with E-state index in [1.54, 1.807) is 0 Å². The van der Waals surface area contributed by atoms with E-state index in [0.29, 0.717) is 0 Å². The predicted octanol–water partition coefficient (Wildman–Crippen LogP) is 1.46. The van der Waals surface area contributed by atoms with E-state index in [0.717, 1.165) is 12.1 Å². The molecule has 0 saturated heterocycles. The first-order valence-electron chi connectivity index (χ1n) is 4.12. The molecule has 16 heavy (non-hydrogen) atoms. The van der Waals surface area contributed by atoms with Crippen LogP contribution in [0.4, 0.5) is 17.1 Å². The summed E-state index contributed by atoms with van der Waals surface area (Å²) < 4.78 is 0. The molecule has 0 aliphatic rings. The summed E-state index contributed by atoms with van der Waals surface area (Å²) in [5.74, 6) is 5.01. The van der Waals surface area contributed by atoms with Crippen molar-refractivity contribution in [3.05, 3.63) is 37.9 Å². The number of nitrogen functional groups attached to an aromatic ring is 1. The fourth-order valence-corrected chi connectivity index (χ4v) is 1.14. The summed E-state index contributed by atoms with van der Waals surface area (Å²) in [6.07, 6.45) is 0. The number of nitrogens with two attached hydrogens (primary N) is 1. The molecule has 0 fully saturated rings. The first-order valence-corrected chi connectivity index (χ1v) is 4.12. The highest BCUT2D eigenvalue weighted by Crippen LogP contribution is 2.32. The van der Waals surface area contributed by atoms with Crippen molar-refractivity contribution in [2.45, 2.75) is 6.92 Å². The summed E-state index contributed by atoms with van der Waals surface area (Å²) in [5, 5.41) is 21.2. The number of nitro groups is 2. The Bertz CT molecular complexity index is 492. The zero-order valence-corrected chi connectivity index (χ0v) is 8.26. The molecule has 0 atom stereocenters. The minimum absolute atomic E-state index is 0.190. The molecule has 0 aliphatic carbocycles. The molecule has 0 aliphatic heterocycles. The molecule has 7 heteroatoms. The van der Waals surface area contributed by atoms with Crippen molar-refractivity contribution in [1.82, 2.24) is 0 Å². The fourth-order valence-electron chi connectivity index (χ4n) is 1.14.